The van der Waals surface area contributed by atoms with E-state index in [-0.39, 0.29) is 0 Å². The van der Waals surface area contributed by atoms with Gasteiger partial charge in [-0.05, 0) is 59.0 Å². The van der Waals surface area contributed by atoms with Crippen molar-refractivity contribution in [3.8, 4) is 11.5 Å². The summed E-state index contributed by atoms with van der Waals surface area (Å²) in [5.74, 6) is 1.47. The van der Waals surface area contributed by atoms with Crippen LogP contribution in [0.5, 0.6) is 11.5 Å². The van der Waals surface area contributed by atoms with Crippen molar-refractivity contribution >= 4 is 28.0 Å². The first-order chi connectivity index (χ1) is 16.2. The van der Waals surface area contributed by atoms with Crippen molar-refractivity contribution in [2.45, 2.75) is 26.5 Å². The number of nitrogens with zero attached hydrogens (tertiary/aromatic N) is 1. The van der Waals surface area contributed by atoms with Gasteiger partial charge in [0.2, 0.25) is 0 Å². The van der Waals surface area contributed by atoms with Crippen LogP contribution in [0.25, 0.3) is 10.8 Å². The highest BCUT2D eigenvalue weighted by Gasteiger charge is 2.20. The summed E-state index contributed by atoms with van der Waals surface area (Å²) in [6, 6.07) is 29.3. The van der Waals surface area contributed by atoms with E-state index in [1.165, 1.54) is 21.9 Å². The lowest BCUT2D eigenvalue weighted by Crippen LogP contribution is -2.35. The van der Waals surface area contributed by atoms with E-state index in [4.69, 9.17) is 21.7 Å². The molecule has 0 fully saturated rings. The van der Waals surface area contributed by atoms with Gasteiger partial charge in [-0.3, -0.25) is 0 Å². The van der Waals surface area contributed by atoms with Gasteiger partial charge in [-0.25, -0.2) is 0 Å². The molecule has 33 heavy (non-hydrogen) atoms. The van der Waals surface area contributed by atoms with Crippen LogP contribution in [0.15, 0.2) is 84.9 Å². The molecule has 0 unspecified atom stereocenters. The van der Waals surface area contributed by atoms with Crippen molar-refractivity contribution < 1.29 is 9.47 Å². The van der Waals surface area contributed by atoms with Crippen LogP contribution < -0.4 is 9.47 Å². The third-order valence-corrected chi connectivity index (χ3v) is 6.67. The van der Waals surface area contributed by atoms with Gasteiger partial charge in [-0.1, -0.05) is 78.9 Å². The fourth-order valence-electron chi connectivity index (χ4n) is 4.45. The summed E-state index contributed by atoms with van der Waals surface area (Å²) < 4.78 is 12.2. The first-order valence-corrected chi connectivity index (χ1v) is 11.9. The molecule has 0 aromatic heterocycles. The van der Waals surface area contributed by atoms with Crippen LogP contribution in [-0.4, -0.2) is 23.0 Å². The van der Waals surface area contributed by atoms with E-state index in [0.717, 1.165) is 47.1 Å². The number of benzene rings is 4. The highest BCUT2D eigenvalue weighted by atomic mass is 32.1. The molecule has 0 amide bonds. The number of thiocarbonyl (C=S) groups is 1. The van der Waals surface area contributed by atoms with Gasteiger partial charge in [0.05, 0.1) is 6.61 Å². The van der Waals surface area contributed by atoms with Gasteiger partial charge in [-0.2, -0.15) is 0 Å². The Morgan fingerprint density at radius 1 is 0.848 bits per heavy atom. The van der Waals surface area contributed by atoms with E-state index in [9.17, 15) is 0 Å². The third kappa shape index (κ3) is 4.57. The lowest BCUT2D eigenvalue weighted by atomic mass is 9.99. The topological polar surface area (TPSA) is 21.7 Å². The summed E-state index contributed by atoms with van der Waals surface area (Å²) in [4.78, 5) is 3.13. The van der Waals surface area contributed by atoms with Crippen LogP contribution in [-0.2, 0) is 19.6 Å². The van der Waals surface area contributed by atoms with Gasteiger partial charge in [0.25, 0.3) is 0 Å². The molecule has 1 aliphatic heterocycles. The van der Waals surface area contributed by atoms with Crippen molar-refractivity contribution in [1.82, 2.24) is 4.90 Å². The minimum atomic E-state index is 0.480. The van der Waals surface area contributed by atoms with Gasteiger partial charge in [-0.15, -0.1) is 0 Å². The minimum absolute atomic E-state index is 0.480. The lowest BCUT2D eigenvalue weighted by Gasteiger charge is -2.31. The van der Waals surface area contributed by atoms with E-state index < -0.39 is 0 Å². The van der Waals surface area contributed by atoms with Crippen molar-refractivity contribution in [1.29, 1.82) is 0 Å². The Labute approximate surface area is 200 Å². The monoisotopic (exact) mass is 453 g/mol. The Bertz CT molecular complexity index is 1290. The molecular weight excluding hydrogens is 426 g/mol. The molecule has 3 nitrogen and oxygen atoms in total. The van der Waals surface area contributed by atoms with E-state index in [0.29, 0.717) is 13.2 Å². The summed E-state index contributed by atoms with van der Waals surface area (Å²) in [5.41, 5.74) is 4.92. The molecule has 1 aliphatic rings. The molecule has 0 saturated heterocycles. The molecule has 0 atom stereocenters. The first kappa shape index (κ1) is 21.5. The summed E-state index contributed by atoms with van der Waals surface area (Å²) in [5, 5.41) is 2.42. The average molecular weight is 454 g/mol. The van der Waals surface area contributed by atoms with Crippen molar-refractivity contribution in [2.75, 3.05) is 13.2 Å². The van der Waals surface area contributed by atoms with Crippen LogP contribution in [0.1, 0.15) is 29.2 Å². The zero-order valence-corrected chi connectivity index (χ0v) is 19.6. The van der Waals surface area contributed by atoms with Crippen LogP contribution >= 0.6 is 12.2 Å². The molecule has 0 radical (unpaired) electrons. The van der Waals surface area contributed by atoms with Crippen LogP contribution in [0.3, 0.4) is 0 Å². The maximum Gasteiger partial charge on any atom is 0.161 e. The van der Waals surface area contributed by atoms with Crippen LogP contribution in [0, 0.1) is 0 Å². The second-order valence-electron chi connectivity index (χ2n) is 8.27. The average Bonchev–Trinajstić information content (AvgIpc) is 2.87. The molecule has 5 rings (SSSR count). The van der Waals surface area contributed by atoms with Crippen LogP contribution in [0.4, 0.5) is 0 Å². The molecule has 4 heteroatoms. The molecule has 0 aliphatic carbocycles. The maximum absolute atomic E-state index is 6.23. The Morgan fingerprint density at radius 3 is 2.52 bits per heavy atom. The number of hydrogen-bond donors (Lipinski definition) is 0. The molecule has 1 heterocycles. The van der Waals surface area contributed by atoms with Crippen molar-refractivity contribution in [3.05, 3.63) is 107 Å². The zero-order valence-electron chi connectivity index (χ0n) is 18.8. The molecule has 0 spiro atoms. The van der Waals surface area contributed by atoms with Gasteiger partial charge >= 0.3 is 0 Å². The Kier molecular flexibility index (Phi) is 6.27. The summed E-state index contributed by atoms with van der Waals surface area (Å²) in [6.45, 7) is 4.81. The quantitative estimate of drug-likeness (QED) is 0.309. The predicted octanol–water partition coefficient (Wildman–Crippen LogP) is 6.55. The second kappa shape index (κ2) is 9.63. The molecule has 0 N–H and O–H groups in total. The SMILES string of the molecule is CCOc1cc(C(=S)N2CCc3ccccc3C2)ccc1OCc1cccc2ccccc12. The number of ether oxygens (including phenoxy) is 2. The molecular formula is C29H27NO2S. The first-order valence-electron chi connectivity index (χ1n) is 11.5. The highest BCUT2D eigenvalue weighted by Crippen LogP contribution is 2.31. The molecule has 0 bridgehead atoms. The smallest absolute Gasteiger partial charge is 0.161 e. The van der Waals surface area contributed by atoms with E-state index in [1.807, 2.05) is 25.1 Å². The fraction of sp³-hybridized carbons (Fsp3) is 0.207. The normalized spacial score (nSPS) is 12.9. The molecule has 166 valence electrons. The van der Waals surface area contributed by atoms with Gasteiger partial charge in [0.1, 0.15) is 11.6 Å². The standard InChI is InChI=1S/C29H27NO2S/c1-2-31-28-18-23(29(33)30-17-16-21-8-3-4-10-24(21)19-30)14-15-27(28)32-20-25-12-7-11-22-9-5-6-13-26(22)25/h3-15,18H,2,16-17,19-20H2,1H3. The summed E-state index contributed by atoms with van der Waals surface area (Å²) in [6.07, 6.45) is 1.01. The third-order valence-electron chi connectivity index (χ3n) is 6.17. The van der Waals surface area contributed by atoms with Crippen molar-refractivity contribution in [2.24, 2.45) is 0 Å². The number of rotatable bonds is 6. The van der Waals surface area contributed by atoms with Gasteiger partial charge < -0.3 is 14.4 Å². The Morgan fingerprint density at radius 2 is 1.64 bits per heavy atom. The van der Waals surface area contributed by atoms with Crippen LogP contribution in [0.2, 0.25) is 0 Å². The number of fused-ring (bicyclic) bond motifs is 2. The van der Waals surface area contributed by atoms with E-state index >= 15 is 0 Å². The fourth-order valence-corrected chi connectivity index (χ4v) is 4.74. The molecule has 4 aromatic carbocycles. The summed E-state index contributed by atoms with van der Waals surface area (Å²) >= 11 is 5.88. The van der Waals surface area contributed by atoms with E-state index in [2.05, 4.69) is 71.6 Å². The highest BCUT2D eigenvalue weighted by molar-refractivity contribution is 7.80. The van der Waals surface area contributed by atoms with Crippen molar-refractivity contribution in [3.63, 3.8) is 0 Å². The maximum atomic E-state index is 6.23. The predicted molar refractivity (Wildman–Crippen MR) is 138 cm³/mol. The molecule has 0 saturated carbocycles. The molecule has 4 aromatic rings. The summed E-state index contributed by atoms with van der Waals surface area (Å²) in [7, 11) is 0. The second-order valence-corrected chi connectivity index (χ2v) is 8.65. The largest absolute Gasteiger partial charge is 0.490 e. The lowest BCUT2D eigenvalue weighted by molar-refractivity contribution is 0.270. The Balaban J connectivity index is 1.35. The Hall–Kier alpha value is -3.37. The van der Waals surface area contributed by atoms with Gasteiger partial charge in [0.15, 0.2) is 11.5 Å². The zero-order chi connectivity index (χ0) is 22.6. The number of hydrogen-bond acceptors (Lipinski definition) is 3. The van der Waals surface area contributed by atoms with Gasteiger partial charge in [0, 0.05) is 18.7 Å². The van der Waals surface area contributed by atoms with E-state index in [1.54, 1.807) is 0 Å². The minimum Gasteiger partial charge on any atom is -0.490 e.